The predicted octanol–water partition coefficient (Wildman–Crippen LogP) is 3.40. The number of rotatable bonds is 8. The summed E-state index contributed by atoms with van der Waals surface area (Å²) < 4.78 is 5.06. The van der Waals surface area contributed by atoms with E-state index >= 15 is 0 Å². The number of anilines is 2. The summed E-state index contributed by atoms with van der Waals surface area (Å²) in [7, 11) is 1.60. The molecule has 0 saturated heterocycles. The Kier molecular flexibility index (Phi) is 7.17. The SMILES string of the molecule is COc1ccc(NC(=O)CSCCC(=O)Nc2ccccc2)cc1. The fraction of sp³-hybridized carbons (Fsp3) is 0.222. The van der Waals surface area contributed by atoms with Crippen LogP contribution in [0.4, 0.5) is 11.4 Å². The average Bonchev–Trinajstić information content (AvgIpc) is 2.60. The van der Waals surface area contributed by atoms with Gasteiger partial charge in [0.05, 0.1) is 12.9 Å². The van der Waals surface area contributed by atoms with Crippen LogP contribution in [0.5, 0.6) is 5.75 Å². The Labute approximate surface area is 145 Å². The molecule has 2 aromatic rings. The van der Waals surface area contributed by atoms with Gasteiger partial charge in [-0.2, -0.15) is 11.8 Å². The number of ether oxygens (including phenoxy) is 1. The quantitative estimate of drug-likeness (QED) is 0.720. The number of para-hydroxylation sites is 1. The molecule has 0 saturated carbocycles. The molecular weight excluding hydrogens is 324 g/mol. The number of methoxy groups -OCH3 is 1. The Balaban J connectivity index is 1.62. The monoisotopic (exact) mass is 344 g/mol. The third-order valence-electron chi connectivity index (χ3n) is 3.14. The summed E-state index contributed by atoms with van der Waals surface area (Å²) in [5.41, 5.74) is 1.51. The van der Waals surface area contributed by atoms with Gasteiger partial charge in [-0.05, 0) is 36.4 Å². The van der Waals surface area contributed by atoms with E-state index < -0.39 is 0 Å². The van der Waals surface area contributed by atoms with Gasteiger partial charge in [0.2, 0.25) is 11.8 Å². The molecule has 0 aromatic heterocycles. The van der Waals surface area contributed by atoms with Crippen LogP contribution in [0.3, 0.4) is 0 Å². The molecule has 0 aliphatic rings. The molecule has 5 nitrogen and oxygen atoms in total. The van der Waals surface area contributed by atoms with Gasteiger partial charge >= 0.3 is 0 Å². The van der Waals surface area contributed by atoms with E-state index in [9.17, 15) is 9.59 Å². The molecule has 6 heteroatoms. The van der Waals surface area contributed by atoms with Gasteiger partial charge in [-0.3, -0.25) is 9.59 Å². The van der Waals surface area contributed by atoms with Gasteiger partial charge in [-0.1, -0.05) is 18.2 Å². The molecule has 0 fully saturated rings. The zero-order valence-corrected chi connectivity index (χ0v) is 14.3. The van der Waals surface area contributed by atoms with Gasteiger partial charge in [0.25, 0.3) is 0 Å². The number of hydrogen-bond acceptors (Lipinski definition) is 4. The fourth-order valence-electron chi connectivity index (χ4n) is 1.95. The lowest BCUT2D eigenvalue weighted by Crippen LogP contribution is -2.16. The average molecular weight is 344 g/mol. The number of hydrogen-bond donors (Lipinski definition) is 2. The Morgan fingerprint density at radius 2 is 1.54 bits per heavy atom. The van der Waals surface area contributed by atoms with E-state index in [2.05, 4.69) is 10.6 Å². The normalized spacial score (nSPS) is 10.0. The van der Waals surface area contributed by atoms with Crippen molar-refractivity contribution < 1.29 is 14.3 Å². The van der Waals surface area contributed by atoms with Crippen LogP contribution in [0.1, 0.15) is 6.42 Å². The first kappa shape index (κ1) is 17.9. The minimum Gasteiger partial charge on any atom is -0.497 e. The van der Waals surface area contributed by atoms with Gasteiger partial charge in [-0.25, -0.2) is 0 Å². The number of carbonyl (C=O) groups excluding carboxylic acids is 2. The fourth-order valence-corrected chi connectivity index (χ4v) is 2.68. The van der Waals surface area contributed by atoms with Crippen molar-refractivity contribution in [3.63, 3.8) is 0 Å². The lowest BCUT2D eigenvalue weighted by Gasteiger charge is -2.07. The lowest BCUT2D eigenvalue weighted by atomic mass is 10.3. The smallest absolute Gasteiger partial charge is 0.234 e. The number of benzene rings is 2. The highest BCUT2D eigenvalue weighted by atomic mass is 32.2. The number of carbonyl (C=O) groups is 2. The van der Waals surface area contributed by atoms with Gasteiger partial charge < -0.3 is 15.4 Å². The highest BCUT2D eigenvalue weighted by molar-refractivity contribution is 7.99. The molecule has 2 N–H and O–H groups in total. The van der Waals surface area contributed by atoms with Crippen molar-refractivity contribution in [2.75, 3.05) is 29.2 Å². The van der Waals surface area contributed by atoms with Crippen LogP contribution < -0.4 is 15.4 Å². The second-order valence-electron chi connectivity index (χ2n) is 4.99. The molecule has 0 atom stereocenters. The standard InChI is InChI=1S/C18H20N2O3S/c1-23-16-9-7-15(8-10-16)20-18(22)13-24-12-11-17(21)19-14-5-3-2-4-6-14/h2-10H,11-13H2,1H3,(H,19,21)(H,20,22). The molecular formula is C18H20N2O3S. The molecule has 0 aliphatic heterocycles. The minimum absolute atomic E-state index is 0.0516. The molecule has 126 valence electrons. The lowest BCUT2D eigenvalue weighted by molar-refractivity contribution is -0.116. The first-order valence-electron chi connectivity index (χ1n) is 7.54. The Morgan fingerprint density at radius 1 is 0.917 bits per heavy atom. The van der Waals surface area contributed by atoms with E-state index in [1.807, 2.05) is 30.3 Å². The summed E-state index contributed by atoms with van der Waals surface area (Å²) in [6, 6.07) is 16.5. The molecule has 2 aromatic carbocycles. The van der Waals surface area contributed by atoms with Gasteiger partial charge in [0.1, 0.15) is 5.75 Å². The number of amides is 2. The van der Waals surface area contributed by atoms with Gasteiger partial charge in [-0.15, -0.1) is 0 Å². The third kappa shape index (κ3) is 6.34. The van der Waals surface area contributed by atoms with Gasteiger partial charge in [0.15, 0.2) is 0 Å². The van der Waals surface area contributed by atoms with Crippen molar-refractivity contribution in [1.82, 2.24) is 0 Å². The molecule has 0 heterocycles. The molecule has 0 radical (unpaired) electrons. The molecule has 0 unspecified atom stereocenters. The van der Waals surface area contributed by atoms with E-state index in [0.717, 1.165) is 17.1 Å². The summed E-state index contributed by atoms with van der Waals surface area (Å²) in [5, 5.41) is 5.62. The van der Waals surface area contributed by atoms with E-state index in [1.165, 1.54) is 11.8 Å². The van der Waals surface area contributed by atoms with Crippen LogP contribution in [-0.2, 0) is 9.59 Å². The first-order chi connectivity index (χ1) is 11.7. The van der Waals surface area contributed by atoms with Crippen molar-refractivity contribution in [3.8, 4) is 5.75 Å². The zero-order chi connectivity index (χ0) is 17.2. The maximum absolute atomic E-state index is 11.8. The van der Waals surface area contributed by atoms with Crippen LogP contribution in [0, 0.1) is 0 Å². The zero-order valence-electron chi connectivity index (χ0n) is 13.5. The summed E-state index contributed by atoms with van der Waals surface area (Å²) >= 11 is 1.43. The maximum Gasteiger partial charge on any atom is 0.234 e. The first-order valence-corrected chi connectivity index (χ1v) is 8.69. The Hall–Kier alpha value is -2.47. The van der Waals surface area contributed by atoms with Crippen LogP contribution in [0.15, 0.2) is 54.6 Å². The Bertz CT molecular complexity index is 660. The van der Waals surface area contributed by atoms with E-state index in [1.54, 1.807) is 31.4 Å². The van der Waals surface area contributed by atoms with Crippen molar-refractivity contribution in [2.45, 2.75) is 6.42 Å². The summed E-state index contributed by atoms with van der Waals surface area (Å²) in [6.45, 7) is 0. The molecule has 0 spiro atoms. The van der Waals surface area contributed by atoms with E-state index in [-0.39, 0.29) is 11.8 Å². The highest BCUT2D eigenvalue weighted by Gasteiger charge is 2.05. The minimum atomic E-state index is -0.0892. The largest absolute Gasteiger partial charge is 0.497 e. The Morgan fingerprint density at radius 3 is 2.21 bits per heavy atom. The van der Waals surface area contributed by atoms with Crippen LogP contribution in [0.25, 0.3) is 0 Å². The van der Waals surface area contributed by atoms with E-state index in [0.29, 0.717) is 17.9 Å². The van der Waals surface area contributed by atoms with Crippen molar-refractivity contribution >= 4 is 35.0 Å². The van der Waals surface area contributed by atoms with Crippen molar-refractivity contribution in [1.29, 1.82) is 0 Å². The van der Waals surface area contributed by atoms with Crippen molar-refractivity contribution in [2.24, 2.45) is 0 Å². The molecule has 2 amide bonds. The summed E-state index contributed by atoms with van der Waals surface area (Å²) in [5.74, 6) is 1.50. The van der Waals surface area contributed by atoms with E-state index in [4.69, 9.17) is 4.74 Å². The third-order valence-corrected chi connectivity index (χ3v) is 4.10. The van der Waals surface area contributed by atoms with Crippen molar-refractivity contribution in [3.05, 3.63) is 54.6 Å². The molecule has 24 heavy (non-hydrogen) atoms. The molecule has 0 bridgehead atoms. The maximum atomic E-state index is 11.8. The number of nitrogens with one attached hydrogen (secondary N) is 2. The topological polar surface area (TPSA) is 67.4 Å². The predicted molar refractivity (Wildman–Crippen MR) is 98.6 cm³/mol. The van der Waals surface area contributed by atoms with Gasteiger partial charge in [0, 0.05) is 23.5 Å². The molecule has 0 aliphatic carbocycles. The number of thioether (sulfide) groups is 1. The molecule has 2 rings (SSSR count). The highest BCUT2D eigenvalue weighted by Crippen LogP contribution is 2.15. The summed E-state index contributed by atoms with van der Waals surface area (Å²) in [4.78, 5) is 23.6. The summed E-state index contributed by atoms with van der Waals surface area (Å²) in [6.07, 6.45) is 0.370. The van der Waals surface area contributed by atoms with Crippen LogP contribution in [0.2, 0.25) is 0 Å². The second kappa shape index (κ2) is 9.62. The van der Waals surface area contributed by atoms with Crippen LogP contribution in [-0.4, -0.2) is 30.4 Å². The second-order valence-corrected chi connectivity index (χ2v) is 6.10. The van der Waals surface area contributed by atoms with Crippen LogP contribution >= 0.6 is 11.8 Å².